The molecule has 0 saturated carbocycles. The summed E-state index contributed by atoms with van der Waals surface area (Å²) in [6.45, 7) is 4.98. The molecule has 2 N–H and O–H groups in total. The molecular formula is C14H20ClNO. The van der Waals surface area contributed by atoms with Crippen LogP contribution in [0, 0.1) is 13.8 Å². The Balaban J connectivity index is 2.22. The van der Waals surface area contributed by atoms with Gasteiger partial charge in [0.25, 0.3) is 0 Å². The van der Waals surface area contributed by atoms with Crippen molar-refractivity contribution in [2.75, 3.05) is 6.54 Å². The number of halogens is 1. The second-order valence-electron chi connectivity index (χ2n) is 4.98. The van der Waals surface area contributed by atoms with E-state index in [4.69, 9.17) is 11.6 Å². The number of rotatable bonds is 2. The second kappa shape index (κ2) is 5.28. The van der Waals surface area contributed by atoms with Crippen molar-refractivity contribution in [3.8, 4) is 5.75 Å². The van der Waals surface area contributed by atoms with Crippen molar-refractivity contribution in [3.63, 3.8) is 0 Å². The van der Waals surface area contributed by atoms with E-state index < -0.39 is 0 Å². The van der Waals surface area contributed by atoms with Gasteiger partial charge in [-0.2, -0.15) is 0 Å². The topological polar surface area (TPSA) is 32.3 Å². The highest BCUT2D eigenvalue weighted by Crippen LogP contribution is 2.33. The molecule has 1 aliphatic rings. The minimum Gasteiger partial charge on any atom is -0.507 e. The van der Waals surface area contributed by atoms with E-state index in [9.17, 15) is 5.11 Å². The van der Waals surface area contributed by atoms with Crippen molar-refractivity contribution in [2.45, 2.75) is 45.6 Å². The van der Waals surface area contributed by atoms with E-state index in [1.165, 1.54) is 19.3 Å². The smallest absolute Gasteiger partial charge is 0.123 e. The lowest BCUT2D eigenvalue weighted by Crippen LogP contribution is -2.35. The zero-order valence-corrected chi connectivity index (χ0v) is 11.3. The number of piperidine rings is 1. The SMILES string of the molecule is Cc1cc(Cl)c(C)c(O)c1CC1CCCCN1. The maximum atomic E-state index is 10.2. The van der Waals surface area contributed by atoms with Gasteiger partial charge in [-0.25, -0.2) is 0 Å². The Morgan fingerprint density at radius 2 is 2.18 bits per heavy atom. The third kappa shape index (κ3) is 2.75. The van der Waals surface area contributed by atoms with Gasteiger partial charge in [0.15, 0.2) is 0 Å². The van der Waals surface area contributed by atoms with Crippen LogP contribution in [0.1, 0.15) is 36.0 Å². The largest absolute Gasteiger partial charge is 0.507 e. The molecule has 1 atom stereocenters. The minimum atomic E-state index is 0.377. The van der Waals surface area contributed by atoms with Crippen LogP contribution in [0.2, 0.25) is 5.02 Å². The summed E-state index contributed by atoms with van der Waals surface area (Å²) in [7, 11) is 0. The standard InChI is InChI=1S/C14H20ClNO/c1-9-7-13(15)10(2)14(17)12(9)8-11-5-3-4-6-16-11/h7,11,16-17H,3-6,8H2,1-2H3. The van der Waals surface area contributed by atoms with E-state index in [-0.39, 0.29) is 0 Å². The van der Waals surface area contributed by atoms with Crippen LogP contribution < -0.4 is 5.32 Å². The molecule has 94 valence electrons. The molecule has 1 unspecified atom stereocenters. The van der Waals surface area contributed by atoms with Crippen molar-refractivity contribution >= 4 is 11.6 Å². The van der Waals surface area contributed by atoms with Crippen molar-refractivity contribution in [2.24, 2.45) is 0 Å². The molecule has 0 bridgehead atoms. The maximum Gasteiger partial charge on any atom is 0.123 e. The fourth-order valence-corrected chi connectivity index (χ4v) is 2.77. The van der Waals surface area contributed by atoms with Crippen LogP contribution in [0.25, 0.3) is 0 Å². The first-order valence-corrected chi connectivity index (χ1v) is 6.68. The molecular weight excluding hydrogens is 234 g/mol. The lowest BCUT2D eigenvalue weighted by Gasteiger charge is -2.25. The molecule has 0 aliphatic carbocycles. The summed E-state index contributed by atoms with van der Waals surface area (Å²) in [6, 6.07) is 2.45. The van der Waals surface area contributed by atoms with Gasteiger partial charge in [-0.05, 0) is 56.8 Å². The Kier molecular flexibility index (Phi) is 3.95. The minimum absolute atomic E-state index is 0.377. The van der Waals surface area contributed by atoms with Crippen LogP contribution in [0.3, 0.4) is 0 Å². The van der Waals surface area contributed by atoms with E-state index >= 15 is 0 Å². The molecule has 0 spiro atoms. The molecule has 1 saturated heterocycles. The number of nitrogens with one attached hydrogen (secondary N) is 1. The van der Waals surface area contributed by atoms with Crippen molar-refractivity contribution < 1.29 is 5.11 Å². The molecule has 1 aliphatic heterocycles. The molecule has 1 heterocycles. The van der Waals surface area contributed by atoms with E-state index in [1.54, 1.807) is 0 Å². The Labute approximate surface area is 108 Å². The summed E-state index contributed by atoms with van der Waals surface area (Å²) >= 11 is 6.06. The second-order valence-corrected chi connectivity index (χ2v) is 5.39. The molecule has 1 fully saturated rings. The number of hydrogen-bond acceptors (Lipinski definition) is 2. The predicted molar refractivity (Wildman–Crippen MR) is 71.9 cm³/mol. The van der Waals surface area contributed by atoms with Gasteiger partial charge in [-0.15, -0.1) is 0 Å². The highest BCUT2D eigenvalue weighted by Gasteiger charge is 2.18. The number of phenols is 1. The van der Waals surface area contributed by atoms with Gasteiger partial charge in [-0.1, -0.05) is 18.0 Å². The van der Waals surface area contributed by atoms with Gasteiger partial charge in [0.1, 0.15) is 5.75 Å². The van der Waals surface area contributed by atoms with Crippen LogP contribution in [-0.2, 0) is 6.42 Å². The first kappa shape index (κ1) is 12.7. The summed E-state index contributed by atoms with van der Waals surface area (Å²) in [4.78, 5) is 0. The van der Waals surface area contributed by atoms with Crippen LogP contribution in [0.4, 0.5) is 0 Å². The Morgan fingerprint density at radius 3 is 2.82 bits per heavy atom. The highest BCUT2D eigenvalue weighted by molar-refractivity contribution is 6.31. The monoisotopic (exact) mass is 253 g/mol. The van der Waals surface area contributed by atoms with E-state index in [2.05, 4.69) is 5.32 Å². The fourth-order valence-electron chi connectivity index (χ4n) is 2.51. The fraction of sp³-hybridized carbons (Fsp3) is 0.571. The number of hydrogen-bond donors (Lipinski definition) is 2. The Hall–Kier alpha value is -0.730. The average molecular weight is 254 g/mol. The lowest BCUT2D eigenvalue weighted by molar-refractivity contribution is 0.390. The number of aromatic hydroxyl groups is 1. The van der Waals surface area contributed by atoms with Crippen molar-refractivity contribution in [3.05, 3.63) is 27.8 Å². The van der Waals surface area contributed by atoms with Gasteiger partial charge < -0.3 is 10.4 Å². The van der Waals surface area contributed by atoms with E-state index in [0.29, 0.717) is 16.8 Å². The van der Waals surface area contributed by atoms with Gasteiger partial charge >= 0.3 is 0 Å². The molecule has 1 aromatic rings. The molecule has 0 amide bonds. The van der Waals surface area contributed by atoms with E-state index in [0.717, 1.165) is 29.7 Å². The lowest BCUT2D eigenvalue weighted by atomic mass is 9.93. The molecule has 2 nitrogen and oxygen atoms in total. The quantitative estimate of drug-likeness (QED) is 0.847. The zero-order chi connectivity index (χ0) is 12.4. The molecule has 17 heavy (non-hydrogen) atoms. The van der Waals surface area contributed by atoms with Crippen molar-refractivity contribution in [1.82, 2.24) is 5.32 Å². The molecule has 2 rings (SSSR count). The van der Waals surface area contributed by atoms with Gasteiger partial charge in [0.2, 0.25) is 0 Å². The van der Waals surface area contributed by atoms with Crippen LogP contribution in [0.5, 0.6) is 5.75 Å². The van der Waals surface area contributed by atoms with Crippen LogP contribution >= 0.6 is 11.6 Å². The summed E-state index contributed by atoms with van der Waals surface area (Å²) < 4.78 is 0. The summed E-state index contributed by atoms with van der Waals surface area (Å²) in [5.41, 5.74) is 2.93. The predicted octanol–water partition coefficient (Wildman–Crippen LogP) is 3.35. The van der Waals surface area contributed by atoms with Gasteiger partial charge in [0.05, 0.1) is 0 Å². The third-order valence-electron chi connectivity index (χ3n) is 3.68. The molecule has 1 aromatic carbocycles. The van der Waals surface area contributed by atoms with Crippen LogP contribution in [-0.4, -0.2) is 17.7 Å². The number of benzene rings is 1. The number of aryl methyl sites for hydroxylation is 1. The maximum absolute atomic E-state index is 10.2. The van der Waals surface area contributed by atoms with E-state index in [1.807, 2.05) is 19.9 Å². The third-order valence-corrected chi connectivity index (χ3v) is 4.07. The summed E-state index contributed by atoms with van der Waals surface area (Å²) in [5.74, 6) is 0.377. The first-order chi connectivity index (χ1) is 8.09. The first-order valence-electron chi connectivity index (χ1n) is 6.30. The average Bonchev–Trinajstić information content (AvgIpc) is 2.33. The Bertz CT molecular complexity index is 411. The normalized spacial score (nSPS) is 20.5. The van der Waals surface area contributed by atoms with Gasteiger partial charge in [-0.3, -0.25) is 0 Å². The zero-order valence-electron chi connectivity index (χ0n) is 10.5. The molecule has 0 radical (unpaired) electrons. The van der Waals surface area contributed by atoms with Crippen LogP contribution in [0.15, 0.2) is 6.07 Å². The number of phenolic OH excluding ortho intramolecular Hbond substituents is 1. The summed E-state index contributed by atoms with van der Waals surface area (Å²) in [6.07, 6.45) is 4.64. The van der Waals surface area contributed by atoms with Gasteiger partial charge in [0, 0.05) is 16.6 Å². The Morgan fingerprint density at radius 1 is 1.41 bits per heavy atom. The van der Waals surface area contributed by atoms with Crippen molar-refractivity contribution in [1.29, 1.82) is 0 Å². The highest BCUT2D eigenvalue weighted by atomic mass is 35.5. The molecule has 0 aromatic heterocycles. The molecule has 3 heteroatoms. The summed E-state index contributed by atoms with van der Waals surface area (Å²) in [5, 5.41) is 14.3.